The molecule has 1 heterocycles. The van der Waals surface area contributed by atoms with Crippen LogP contribution in [-0.4, -0.2) is 41.1 Å². The van der Waals surface area contributed by atoms with Gasteiger partial charge in [-0.2, -0.15) is 5.26 Å². The Balaban J connectivity index is 2.01. The first-order valence-electron chi connectivity index (χ1n) is 7.05. The van der Waals surface area contributed by atoms with Crippen LogP contribution in [0.3, 0.4) is 0 Å². The molecule has 1 saturated heterocycles. The van der Waals surface area contributed by atoms with Crippen molar-refractivity contribution < 1.29 is 19.4 Å². The van der Waals surface area contributed by atoms with Gasteiger partial charge in [0.15, 0.2) is 6.10 Å². The van der Waals surface area contributed by atoms with Crippen LogP contribution in [-0.2, 0) is 9.59 Å². The number of carbonyl (C=O) groups is 2. The minimum Gasteiger partial charge on any atom is -0.481 e. The van der Waals surface area contributed by atoms with Gasteiger partial charge in [0.05, 0.1) is 17.0 Å². The van der Waals surface area contributed by atoms with Crippen LogP contribution in [0.4, 0.5) is 0 Å². The molecule has 2 rings (SSSR count). The molecule has 6 heteroatoms. The lowest BCUT2D eigenvalue weighted by molar-refractivity contribution is -0.147. The molecule has 1 aliphatic heterocycles. The molecule has 1 aromatic rings. The van der Waals surface area contributed by atoms with Crippen LogP contribution in [0.5, 0.6) is 5.75 Å². The molecular weight excluding hydrogens is 284 g/mol. The van der Waals surface area contributed by atoms with Crippen LogP contribution in [0.1, 0.15) is 25.8 Å². The van der Waals surface area contributed by atoms with Gasteiger partial charge in [-0.05, 0) is 38.5 Å². The summed E-state index contributed by atoms with van der Waals surface area (Å²) in [5.74, 6) is -0.689. The highest BCUT2D eigenvalue weighted by Crippen LogP contribution is 2.30. The molecule has 116 valence electrons. The topological polar surface area (TPSA) is 90.6 Å². The Morgan fingerprint density at radius 1 is 1.50 bits per heavy atom. The molecule has 0 aliphatic carbocycles. The summed E-state index contributed by atoms with van der Waals surface area (Å²) in [4.78, 5) is 25.1. The van der Waals surface area contributed by atoms with Crippen LogP contribution < -0.4 is 4.74 Å². The van der Waals surface area contributed by atoms with Gasteiger partial charge in [0.25, 0.3) is 5.91 Å². The Bertz CT molecular complexity index is 637. The minimum atomic E-state index is -0.893. The molecule has 1 aliphatic rings. The zero-order chi connectivity index (χ0) is 16.3. The number of nitrogens with zero attached hydrogens (tertiary/aromatic N) is 2. The lowest BCUT2D eigenvalue weighted by Gasteiger charge is -2.23. The summed E-state index contributed by atoms with van der Waals surface area (Å²) in [6, 6.07) is 8.58. The van der Waals surface area contributed by atoms with E-state index in [-0.39, 0.29) is 12.5 Å². The van der Waals surface area contributed by atoms with Gasteiger partial charge >= 0.3 is 5.97 Å². The Kier molecular flexibility index (Phi) is 4.36. The molecule has 0 saturated carbocycles. The molecule has 1 amide bonds. The third-order valence-corrected chi connectivity index (χ3v) is 3.93. The standard InChI is InChI=1S/C16H18N2O4/c1-11(22-13-5-3-4-12(8-13)9-17)14(19)18-7-6-16(2,10-18)15(20)21/h3-5,8,11H,6-7,10H2,1-2H3,(H,20,21)/t11-,16-/m0/s1. The van der Waals surface area contributed by atoms with Crippen molar-refractivity contribution in [2.75, 3.05) is 13.1 Å². The van der Waals surface area contributed by atoms with Crippen LogP contribution in [0.25, 0.3) is 0 Å². The molecule has 22 heavy (non-hydrogen) atoms. The van der Waals surface area contributed by atoms with Gasteiger partial charge in [-0.15, -0.1) is 0 Å². The second-order valence-corrected chi connectivity index (χ2v) is 5.78. The van der Waals surface area contributed by atoms with Gasteiger partial charge in [-0.25, -0.2) is 0 Å². The van der Waals surface area contributed by atoms with E-state index in [2.05, 4.69) is 0 Å². The fraction of sp³-hybridized carbons (Fsp3) is 0.438. The molecular formula is C16H18N2O4. The minimum absolute atomic E-state index is 0.188. The second kappa shape index (κ2) is 6.06. The smallest absolute Gasteiger partial charge is 0.311 e. The predicted octanol–water partition coefficient (Wildman–Crippen LogP) is 1.65. The largest absolute Gasteiger partial charge is 0.481 e. The van der Waals surface area contributed by atoms with Crippen molar-refractivity contribution in [1.82, 2.24) is 4.90 Å². The summed E-state index contributed by atoms with van der Waals surface area (Å²) >= 11 is 0. The fourth-order valence-corrected chi connectivity index (χ4v) is 2.47. The molecule has 2 atom stereocenters. The van der Waals surface area contributed by atoms with Crippen LogP contribution >= 0.6 is 0 Å². The van der Waals surface area contributed by atoms with Crippen molar-refractivity contribution in [1.29, 1.82) is 5.26 Å². The van der Waals surface area contributed by atoms with E-state index < -0.39 is 17.5 Å². The van der Waals surface area contributed by atoms with Crippen molar-refractivity contribution in [2.24, 2.45) is 5.41 Å². The van der Waals surface area contributed by atoms with E-state index >= 15 is 0 Å². The number of rotatable bonds is 4. The molecule has 1 aromatic carbocycles. The lowest BCUT2D eigenvalue weighted by Crippen LogP contribution is -2.41. The number of benzene rings is 1. The van der Waals surface area contributed by atoms with Gasteiger partial charge in [-0.3, -0.25) is 9.59 Å². The van der Waals surface area contributed by atoms with Gasteiger partial charge in [0.1, 0.15) is 5.75 Å². The third kappa shape index (κ3) is 3.19. The summed E-state index contributed by atoms with van der Waals surface area (Å²) in [7, 11) is 0. The number of aliphatic carboxylic acids is 1. The molecule has 0 aromatic heterocycles. The maximum absolute atomic E-state index is 12.4. The van der Waals surface area contributed by atoms with E-state index in [9.17, 15) is 14.7 Å². The normalized spacial score (nSPS) is 22.0. The predicted molar refractivity (Wildman–Crippen MR) is 78.2 cm³/mol. The summed E-state index contributed by atoms with van der Waals surface area (Å²) in [5.41, 5.74) is -0.437. The number of ether oxygens (including phenoxy) is 1. The first-order chi connectivity index (χ1) is 10.4. The molecule has 1 N–H and O–H groups in total. The van der Waals surface area contributed by atoms with Crippen molar-refractivity contribution >= 4 is 11.9 Å². The molecule has 0 bridgehead atoms. The van der Waals surface area contributed by atoms with E-state index in [1.54, 1.807) is 38.1 Å². The van der Waals surface area contributed by atoms with Crippen molar-refractivity contribution in [3.05, 3.63) is 29.8 Å². The molecule has 1 fully saturated rings. The number of likely N-dealkylation sites (tertiary alicyclic amines) is 1. The van der Waals surface area contributed by atoms with Gasteiger partial charge < -0.3 is 14.7 Å². The van der Waals surface area contributed by atoms with Gasteiger partial charge in [0.2, 0.25) is 0 Å². The number of hydrogen-bond donors (Lipinski definition) is 1. The monoisotopic (exact) mass is 302 g/mol. The first kappa shape index (κ1) is 15.8. The van der Waals surface area contributed by atoms with E-state index in [0.29, 0.717) is 24.3 Å². The zero-order valence-corrected chi connectivity index (χ0v) is 12.6. The zero-order valence-electron chi connectivity index (χ0n) is 12.6. The Hall–Kier alpha value is -2.55. The Morgan fingerprint density at radius 2 is 2.23 bits per heavy atom. The lowest BCUT2D eigenvalue weighted by atomic mass is 9.90. The highest BCUT2D eigenvalue weighted by molar-refractivity contribution is 5.83. The third-order valence-electron chi connectivity index (χ3n) is 3.93. The van der Waals surface area contributed by atoms with Gasteiger partial charge in [0, 0.05) is 13.1 Å². The van der Waals surface area contributed by atoms with Gasteiger partial charge in [-0.1, -0.05) is 6.07 Å². The van der Waals surface area contributed by atoms with Crippen molar-refractivity contribution in [3.63, 3.8) is 0 Å². The molecule has 0 spiro atoms. The van der Waals surface area contributed by atoms with E-state index in [1.165, 1.54) is 4.90 Å². The summed E-state index contributed by atoms with van der Waals surface area (Å²) < 4.78 is 5.57. The maximum atomic E-state index is 12.4. The number of carbonyl (C=O) groups excluding carboxylic acids is 1. The molecule has 0 unspecified atom stereocenters. The van der Waals surface area contributed by atoms with E-state index in [4.69, 9.17) is 10.00 Å². The number of hydrogen-bond acceptors (Lipinski definition) is 4. The quantitative estimate of drug-likeness (QED) is 0.913. The average Bonchev–Trinajstić information content (AvgIpc) is 2.90. The SMILES string of the molecule is C[C@H](Oc1cccc(C#N)c1)C(=O)N1CC[C@](C)(C(=O)O)C1. The number of carboxylic acid groups (broad SMARTS) is 1. The van der Waals surface area contributed by atoms with Crippen molar-refractivity contribution in [3.8, 4) is 11.8 Å². The summed E-state index contributed by atoms with van der Waals surface area (Å²) in [6.07, 6.45) is -0.296. The molecule has 6 nitrogen and oxygen atoms in total. The molecule has 0 radical (unpaired) electrons. The van der Waals surface area contributed by atoms with Crippen LogP contribution in [0.2, 0.25) is 0 Å². The first-order valence-corrected chi connectivity index (χ1v) is 7.05. The van der Waals surface area contributed by atoms with E-state index in [0.717, 1.165) is 0 Å². The number of carboxylic acids is 1. The highest BCUT2D eigenvalue weighted by Gasteiger charge is 2.43. The fourth-order valence-electron chi connectivity index (χ4n) is 2.47. The number of amides is 1. The number of nitriles is 1. The summed E-state index contributed by atoms with van der Waals surface area (Å²) in [5, 5.41) is 18.1. The van der Waals surface area contributed by atoms with Crippen LogP contribution in [0, 0.1) is 16.7 Å². The summed E-state index contributed by atoms with van der Waals surface area (Å²) in [6.45, 7) is 3.86. The van der Waals surface area contributed by atoms with Crippen molar-refractivity contribution in [2.45, 2.75) is 26.4 Å². The Morgan fingerprint density at radius 3 is 2.82 bits per heavy atom. The highest BCUT2D eigenvalue weighted by atomic mass is 16.5. The Labute approximate surface area is 128 Å². The van der Waals surface area contributed by atoms with E-state index in [1.807, 2.05) is 6.07 Å². The van der Waals surface area contributed by atoms with Crippen LogP contribution in [0.15, 0.2) is 24.3 Å². The second-order valence-electron chi connectivity index (χ2n) is 5.78. The average molecular weight is 302 g/mol. The maximum Gasteiger partial charge on any atom is 0.311 e.